The number of rotatable bonds is 6. The van der Waals surface area contributed by atoms with Gasteiger partial charge in [0.2, 0.25) is 0 Å². The largest absolute Gasteiger partial charge is 0.478 e. The maximum Gasteiger partial charge on any atom is 0.344 e. The Labute approximate surface area is 248 Å². The predicted molar refractivity (Wildman–Crippen MR) is 153 cm³/mol. The van der Waals surface area contributed by atoms with Crippen molar-refractivity contribution in [2.45, 2.75) is 69.1 Å². The van der Waals surface area contributed by atoms with Gasteiger partial charge in [0.1, 0.15) is 22.9 Å². The Morgan fingerprint density at radius 1 is 1.10 bits per heavy atom. The molecule has 212 valence electrons. The van der Waals surface area contributed by atoms with Crippen molar-refractivity contribution in [1.82, 2.24) is 10.1 Å². The first-order chi connectivity index (χ1) is 19.8. The van der Waals surface area contributed by atoms with E-state index in [-0.39, 0.29) is 40.7 Å². The Kier molecular flexibility index (Phi) is 6.67. The van der Waals surface area contributed by atoms with E-state index in [1.165, 1.54) is 17.4 Å². The van der Waals surface area contributed by atoms with Crippen molar-refractivity contribution in [3.63, 3.8) is 0 Å². The first kappa shape index (κ1) is 26.7. The minimum atomic E-state index is -1.18. The molecule has 7 rings (SSSR count). The quantitative estimate of drug-likeness (QED) is 0.220. The Hall–Kier alpha value is -3.21. The third kappa shape index (κ3) is 4.56. The number of anilines is 1. The zero-order valence-electron chi connectivity index (χ0n) is 21.6. The average molecular weight is 616 g/mol. The smallest absolute Gasteiger partial charge is 0.344 e. The SMILES string of the molecule is O=C(O)c1cc(F)c2nc(N3[C@@H]4CC[C@H]3CC(OC(=O)c3c(-c5c(Cl)cccc5Cl)noc3C3CCC3)C4)sc2c1. The monoisotopic (exact) mass is 615 g/mol. The number of carboxylic acids is 1. The normalized spacial score (nSPS) is 22.2. The van der Waals surface area contributed by atoms with E-state index in [1.54, 1.807) is 18.2 Å². The summed E-state index contributed by atoms with van der Waals surface area (Å²) in [5.41, 5.74) is 1.09. The molecular formula is C29H24Cl2FN3O5S. The molecule has 2 saturated heterocycles. The van der Waals surface area contributed by atoms with Crippen LogP contribution < -0.4 is 4.90 Å². The highest BCUT2D eigenvalue weighted by Gasteiger charge is 2.44. The van der Waals surface area contributed by atoms with Gasteiger partial charge in [0, 0.05) is 36.4 Å². The number of aromatic nitrogens is 2. The molecule has 0 radical (unpaired) electrons. The Bertz CT molecular complexity index is 1670. The third-order valence-electron chi connectivity index (χ3n) is 8.47. The summed E-state index contributed by atoms with van der Waals surface area (Å²) in [6.07, 6.45) is 5.49. The lowest BCUT2D eigenvalue weighted by atomic mass is 9.81. The minimum absolute atomic E-state index is 0.0557. The molecule has 41 heavy (non-hydrogen) atoms. The summed E-state index contributed by atoms with van der Waals surface area (Å²) in [4.78, 5) is 31.9. The van der Waals surface area contributed by atoms with Crippen molar-refractivity contribution < 1.29 is 28.3 Å². The summed E-state index contributed by atoms with van der Waals surface area (Å²) < 4.78 is 27.0. The first-order valence-corrected chi connectivity index (χ1v) is 15.1. The van der Waals surface area contributed by atoms with Gasteiger partial charge >= 0.3 is 11.9 Å². The van der Waals surface area contributed by atoms with E-state index in [9.17, 15) is 19.1 Å². The van der Waals surface area contributed by atoms with Crippen molar-refractivity contribution in [1.29, 1.82) is 0 Å². The number of benzene rings is 2. The number of carbonyl (C=O) groups excluding carboxylic acids is 1. The molecule has 3 aliphatic rings. The molecule has 0 spiro atoms. The minimum Gasteiger partial charge on any atom is -0.478 e. The van der Waals surface area contributed by atoms with Crippen LogP contribution in [0.1, 0.15) is 77.3 Å². The average Bonchev–Trinajstić information content (AvgIpc) is 3.57. The van der Waals surface area contributed by atoms with Crippen molar-refractivity contribution >= 4 is 61.8 Å². The number of thiazole rings is 1. The molecule has 4 heterocycles. The number of hydrogen-bond donors (Lipinski definition) is 1. The van der Waals surface area contributed by atoms with Gasteiger partial charge < -0.3 is 19.3 Å². The van der Waals surface area contributed by atoms with Crippen LogP contribution in [0.15, 0.2) is 34.9 Å². The molecule has 8 nitrogen and oxygen atoms in total. The fourth-order valence-electron chi connectivity index (χ4n) is 6.30. The summed E-state index contributed by atoms with van der Waals surface area (Å²) in [6, 6.07) is 7.69. The molecule has 3 atom stereocenters. The highest BCUT2D eigenvalue weighted by Crippen LogP contribution is 2.46. The molecule has 4 aromatic rings. The molecule has 1 aliphatic carbocycles. The number of piperidine rings is 1. The Morgan fingerprint density at radius 3 is 2.44 bits per heavy atom. The van der Waals surface area contributed by atoms with Gasteiger partial charge in [-0.3, -0.25) is 0 Å². The summed E-state index contributed by atoms with van der Waals surface area (Å²) in [5, 5.41) is 14.9. The fourth-order valence-corrected chi connectivity index (χ4v) is 8.04. The van der Waals surface area contributed by atoms with Crippen LogP contribution in [0.2, 0.25) is 10.0 Å². The van der Waals surface area contributed by atoms with Crippen molar-refractivity contribution in [3.05, 3.63) is 63.1 Å². The molecule has 2 aromatic heterocycles. The second-order valence-corrected chi connectivity index (χ2v) is 12.7. The fraction of sp³-hybridized carbons (Fsp3) is 0.379. The van der Waals surface area contributed by atoms with E-state index in [0.29, 0.717) is 49.7 Å². The number of hydrogen-bond acceptors (Lipinski definition) is 8. The number of carboxylic acid groups (broad SMARTS) is 1. The van der Waals surface area contributed by atoms with Crippen molar-refractivity contribution in [3.8, 4) is 11.3 Å². The summed E-state index contributed by atoms with van der Waals surface area (Å²) in [6.45, 7) is 0. The van der Waals surface area contributed by atoms with Crippen LogP contribution in [0.25, 0.3) is 21.5 Å². The van der Waals surface area contributed by atoms with Gasteiger partial charge in [0.25, 0.3) is 0 Å². The number of aromatic carboxylic acids is 1. The Balaban J connectivity index is 1.14. The van der Waals surface area contributed by atoms with Gasteiger partial charge in [-0.1, -0.05) is 52.2 Å². The molecule has 1 saturated carbocycles. The predicted octanol–water partition coefficient (Wildman–Crippen LogP) is 7.72. The van der Waals surface area contributed by atoms with Crippen LogP contribution in [-0.2, 0) is 4.74 Å². The zero-order chi connectivity index (χ0) is 28.4. The van der Waals surface area contributed by atoms with Crippen molar-refractivity contribution in [2.24, 2.45) is 0 Å². The van der Waals surface area contributed by atoms with E-state index in [1.807, 2.05) is 0 Å². The van der Waals surface area contributed by atoms with Gasteiger partial charge in [-0.05, 0) is 49.9 Å². The second-order valence-electron chi connectivity index (χ2n) is 10.9. The molecule has 1 unspecified atom stereocenters. The van der Waals surface area contributed by atoms with Gasteiger partial charge in [0.15, 0.2) is 16.7 Å². The van der Waals surface area contributed by atoms with Crippen LogP contribution >= 0.6 is 34.5 Å². The molecule has 12 heteroatoms. The highest BCUT2D eigenvalue weighted by atomic mass is 35.5. The maximum atomic E-state index is 14.6. The number of ether oxygens (including phenoxy) is 1. The number of fused-ring (bicyclic) bond motifs is 3. The summed E-state index contributed by atoms with van der Waals surface area (Å²) in [5.74, 6) is -1.72. The number of carbonyl (C=O) groups is 2. The zero-order valence-corrected chi connectivity index (χ0v) is 23.9. The highest BCUT2D eigenvalue weighted by molar-refractivity contribution is 7.22. The van der Waals surface area contributed by atoms with Gasteiger partial charge in [-0.2, -0.15) is 0 Å². The molecule has 2 bridgehead atoms. The van der Waals surface area contributed by atoms with E-state index in [4.69, 9.17) is 32.5 Å². The maximum absolute atomic E-state index is 14.6. The standard InChI is InChI=1S/C29H24Cl2FN3O5S/c30-18-5-2-6-19(31)22(18)25-23(26(40-34-25)13-3-1-4-13)28(38)39-17-11-15-7-8-16(12-17)35(15)29-33-24-20(32)9-14(27(36)37)10-21(24)41-29/h2,5-6,9-10,13,15-17H,1,3-4,7-8,11-12H2,(H,36,37)/t15-,16+,17?. The van der Waals surface area contributed by atoms with Gasteiger partial charge in [-0.25, -0.2) is 19.0 Å². The van der Waals surface area contributed by atoms with Crippen LogP contribution in [0.3, 0.4) is 0 Å². The lowest BCUT2D eigenvalue weighted by Gasteiger charge is -2.38. The van der Waals surface area contributed by atoms with Crippen LogP contribution in [0.5, 0.6) is 0 Å². The topological polar surface area (TPSA) is 106 Å². The molecular weight excluding hydrogens is 592 g/mol. The van der Waals surface area contributed by atoms with Gasteiger partial charge in [-0.15, -0.1) is 0 Å². The second kappa shape index (κ2) is 10.3. The summed E-state index contributed by atoms with van der Waals surface area (Å²) in [7, 11) is 0. The lowest BCUT2D eigenvalue weighted by Crippen LogP contribution is -2.46. The summed E-state index contributed by atoms with van der Waals surface area (Å²) >= 11 is 14.2. The first-order valence-electron chi connectivity index (χ1n) is 13.5. The van der Waals surface area contributed by atoms with E-state index < -0.39 is 17.8 Å². The van der Waals surface area contributed by atoms with Crippen LogP contribution in [-0.4, -0.2) is 45.4 Å². The Morgan fingerprint density at radius 2 is 1.80 bits per heavy atom. The lowest BCUT2D eigenvalue weighted by molar-refractivity contribution is 0.0200. The molecule has 2 aromatic carbocycles. The molecule has 3 fully saturated rings. The van der Waals surface area contributed by atoms with E-state index in [0.717, 1.165) is 38.2 Å². The number of halogens is 3. The number of nitrogens with zero attached hydrogens (tertiary/aromatic N) is 3. The molecule has 2 aliphatic heterocycles. The van der Waals surface area contributed by atoms with Crippen LogP contribution in [0, 0.1) is 5.82 Å². The molecule has 1 N–H and O–H groups in total. The number of esters is 1. The molecule has 0 amide bonds. The third-order valence-corrected chi connectivity index (χ3v) is 10.1. The van der Waals surface area contributed by atoms with E-state index in [2.05, 4.69) is 15.0 Å². The van der Waals surface area contributed by atoms with Gasteiger partial charge in [0.05, 0.1) is 20.3 Å². The van der Waals surface area contributed by atoms with E-state index >= 15 is 0 Å². The van der Waals surface area contributed by atoms with Crippen LogP contribution in [0.4, 0.5) is 9.52 Å². The van der Waals surface area contributed by atoms with Crippen molar-refractivity contribution in [2.75, 3.05) is 4.90 Å².